The van der Waals surface area contributed by atoms with Crippen molar-refractivity contribution in [3.05, 3.63) is 84.3 Å². The summed E-state index contributed by atoms with van der Waals surface area (Å²) in [4.78, 5) is 0. The molecule has 0 aliphatic rings. The Labute approximate surface area is 200 Å². The van der Waals surface area contributed by atoms with Crippen molar-refractivity contribution in [3.63, 3.8) is 0 Å². The molecule has 1 N–H and O–H groups in total. The fourth-order valence-electron chi connectivity index (χ4n) is 5.48. The molecule has 0 amide bonds. The summed E-state index contributed by atoms with van der Waals surface area (Å²) < 4.78 is 18.4. The number of nitrogens with one attached hydrogen (secondary N) is 1. The Morgan fingerprint density at radius 1 is 0.912 bits per heavy atom. The third-order valence-corrected chi connectivity index (χ3v) is 6.31. The summed E-state index contributed by atoms with van der Waals surface area (Å²) in [5.41, 5.74) is 5.47. The van der Waals surface area contributed by atoms with Gasteiger partial charge in [-0.15, -0.1) is 0 Å². The quantitative estimate of drug-likeness (QED) is 0.278. The highest BCUT2D eigenvalue weighted by atomic mass is 19.1. The van der Waals surface area contributed by atoms with Gasteiger partial charge in [-0.1, -0.05) is 45.0 Å². The lowest BCUT2D eigenvalue weighted by Crippen LogP contribution is -2.39. The summed E-state index contributed by atoms with van der Waals surface area (Å²) in [5.74, 6) is 0.850. The van der Waals surface area contributed by atoms with E-state index >= 15 is 0 Å². The predicted octanol–water partition coefficient (Wildman–Crippen LogP) is 7.57. The van der Waals surface area contributed by atoms with Crippen LogP contribution < -0.4 is 9.72 Å². The predicted molar refractivity (Wildman–Crippen MR) is 140 cm³/mol. The van der Waals surface area contributed by atoms with Crippen LogP contribution in [0.5, 0.6) is 0 Å². The Balaban J connectivity index is 1.91. The van der Waals surface area contributed by atoms with E-state index in [1.54, 1.807) is 0 Å². The monoisotopic (exact) mass is 454 g/mol. The second-order valence-corrected chi connectivity index (χ2v) is 11.3. The molecule has 0 aliphatic carbocycles. The lowest BCUT2D eigenvalue weighted by molar-refractivity contribution is -0.495. The molecule has 2 aromatic carbocycles. The van der Waals surface area contributed by atoms with E-state index in [9.17, 15) is 4.39 Å². The number of fused-ring (bicyclic) bond motifs is 5. The Bertz CT molecular complexity index is 1520. The third-order valence-electron chi connectivity index (χ3n) is 6.31. The number of nitrogens with zero attached hydrogens (tertiary/aromatic N) is 2. The summed E-state index contributed by atoms with van der Waals surface area (Å²) in [6.45, 7) is 13.5. The summed E-state index contributed by atoms with van der Waals surface area (Å²) in [6.07, 6.45) is 3.21. The molecule has 5 aromatic rings. The summed E-state index contributed by atoms with van der Waals surface area (Å²) >= 11 is 0. The van der Waals surface area contributed by atoms with Gasteiger partial charge in [-0.05, 0) is 80.0 Å². The minimum Gasteiger partial charge on any atom is -0.297 e. The van der Waals surface area contributed by atoms with E-state index in [2.05, 4.69) is 104 Å². The van der Waals surface area contributed by atoms with Crippen molar-refractivity contribution >= 4 is 27.8 Å². The van der Waals surface area contributed by atoms with Crippen molar-refractivity contribution in [2.75, 3.05) is 5.32 Å². The Morgan fingerprint density at radius 2 is 1.62 bits per heavy atom. The number of hydrogen-bond acceptors (Lipinski definition) is 1. The first-order valence-electron chi connectivity index (χ1n) is 11.9. The van der Waals surface area contributed by atoms with Gasteiger partial charge in [-0.2, -0.15) is 0 Å². The first kappa shape index (κ1) is 22.4. The second kappa shape index (κ2) is 7.83. The molecule has 0 aliphatic heterocycles. The minimum atomic E-state index is -0.227. The first-order chi connectivity index (χ1) is 16.0. The zero-order valence-corrected chi connectivity index (χ0v) is 20.9. The van der Waals surface area contributed by atoms with Crippen LogP contribution in [0.2, 0.25) is 0 Å². The number of pyridine rings is 2. The number of rotatable bonds is 4. The molecule has 174 valence electrons. The summed E-state index contributed by atoms with van der Waals surface area (Å²) in [5, 5.41) is 6.27. The zero-order valence-electron chi connectivity index (χ0n) is 20.9. The van der Waals surface area contributed by atoms with Crippen LogP contribution >= 0.6 is 0 Å². The van der Waals surface area contributed by atoms with Gasteiger partial charge in [0.2, 0.25) is 5.65 Å². The van der Waals surface area contributed by atoms with Gasteiger partial charge in [0.25, 0.3) is 5.82 Å². The van der Waals surface area contributed by atoms with Crippen LogP contribution in [0.15, 0.2) is 72.9 Å². The molecular weight excluding hydrogens is 421 g/mol. The molecule has 0 radical (unpaired) electrons. The average Bonchev–Trinajstić information content (AvgIpc) is 3.05. The molecule has 3 heterocycles. The average molecular weight is 455 g/mol. The summed E-state index contributed by atoms with van der Waals surface area (Å²) in [6, 6.07) is 21.8. The Morgan fingerprint density at radius 3 is 2.32 bits per heavy atom. The number of aryl methyl sites for hydroxylation is 1. The van der Waals surface area contributed by atoms with E-state index in [1.807, 2.05) is 12.1 Å². The maximum absolute atomic E-state index is 13.8. The van der Waals surface area contributed by atoms with E-state index < -0.39 is 0 Å². The van der Waals surface area contributed by atoms with Crippen molar-refractivity contribution in [1.29, 1.82) is 0 Å². The van der Waals surface area contributed by atoms with E-state index in [1.165, 1.54) is 23.1 Å². The number of benzene rings is 2. The summed E-state index contributed by atoms with van der Waals surface area (Å²) in [7, 11) is 0. The largest absolute Gasteiger partial charge is 0.297 e. The molecule has 0 saturated carbocycles. The lowest BCUT2D eigenvalue weighted by Gasteiger charge is -2.31. The van der Waals surface area contributed by atoms with Gasteiger partial charge in [-0.25, -0.2) is 13.2 Å². The molecule has 0 spiro atoms. The smallest absolute Gasteiger partial charge is 0.267 e. The lowest BCUT2D eigenvalue weighted by atomic mass is 9.82. The molecule has 4 heteroatoms. The third kappa shape index (κ3) is 4.02. The standard InChI is InChI=1S/C30H33FN3/c1-20-11-16-26-33(18-20)28(32-30(5,6)19-29(2,3)4)27-24-10-8-7-9-22(24)17-25(34(26)27)21-12-14-23(31)15-13-21/h7-18,32H,19H2,1-6H3/q+1. The van der Waals surface area contributed by atoms with E-state index in [-0.39, 0.29) is 16.8 Å². The second-order valence-electron chi connectivity index (χ2n) is 11.3. The molecule has 34 heavy (non-hydrogen) atoms. The normalized spacial score (nSPS) is 12.7. The van der Waals surface area contributed by atoms with Crippen LogP contribution in [0, 0.1) is 18.2 Å². The number of halogens is 1. The van der Waals surface area contributed by atoms with Crippen molar-refractivity contribution < 1.29 is 8.79 Å². The van der Waals surface area contributed by atoms with Gasteiger partial charge < -0.3 is 0 Å². The molecule has 0 bridgehead atoms. The van der Waals surface area contributed by atoms with Crippen molar-refractivity contribution in [1.82, 2.24) is 4.40 Å². The van der Waals surface area contributed by atoms with Crippen LogP contribution in [0.3, 0.4) is 0 Å². The number of aromatic nitrogens is 2. The first-order valence-corrected chi connectivity index (χ1v) is 11.9. The number of hydrogen-bond donors (Lipinski definition) is 1. The van der Waals surface area contributed by atoms with Gasteiger partial charge in [0.15, 0.2) is 5.52 Å². The van der Waals surface area contributed by atoms with Crippen LogP contribution in [-0.4, -0.2) is 9.94 Å². The van der Waals surface area contributed by atoms with Gasteiger partial charge in [0.05, 0.1) is 11.7 Å². The highest BCUT2D eigenvalue weighted by Crippen LogP contribution is 2.36. The molecule has 0 saturated heterocycles. The van der Waals surface area contributed by atoms with Crippen LogP contribution in [0.4, 0.5) is 10.2 Å². The van der Waals surface area contributed by atoms with Crippen molar-refractivity contribution in [2.24, 2.45) is 5.41 Å². The molecule has 5 rings (SSSR count). The highest BCUT2D eigenvalue weighted by molar-refractivity contribution is 6.03. The van der Waals surface area contributed by atoms with Gasteiger partial charge in [0.1, 0.15) is 11.5 Å². The molecule has 3 aromatic heterocycles. The topological polar surface area (TPSA) is 20.5 Å². The van der Waals surface area contributed by atoms with E-state index in [0.29, 0.717) is 0 Å². The van der Waals surface area contributed by atoms with Crippen LogP contribution in [0.25, 0.3) is 33.2 Å². The van der Waals surface area contributed by atoms with Crippen molar-refractivity contribution in [2.45, 2.75) is 53.5 Å². The minimum absolute atomic E-state index is 0.128. The zero-order chi connectivity index (χ0) is 24.3. The molecule has 0 unspecified atom stereocenters. The fourth-order valence-corrected chi connectivity index (χ4v) is 5.48. The number of imidazole rings is 1. The number of anilines is 1. The van der Waals surface area contributed by atoms with Gasteiger partial charge >= 0.3 is 0 Å². The van der Waals surface area contributed by atoms with E-state index in [4.69, 9.17) is 0 Å². The molecule has 3 nitrogen and oxygen atoms in total. The SMILES string of the molecule is Cc1ccc2n3c(-c4ccc(F)cc4)cc4ccccc4c3c(NC(C)(C)CC(C)(C)C)[n+]2c1. The maximum atomic E-state index is 13.8. The van der Waals surface area contributed by atoms with Gasteiger partial charge in [-0.3, -0.25) is 5.32 Å². The molecule has 0 atom stereocenters. The van der Waals surface area contributed by atoms with Crippen molar-refractivity contribution in [3.8, 4) is 11.3 Å². The molecular formula is C30H33FN3+. The Hall–Kier alpha value is -3.40. The van der Waals surface area contributed by atoms with E-state index in [0.717, 1.165) is 40.0 Å². The van der Waals surface area contributed by atoms with Crippen LogP contribution in [-0.2, 0) is 0 Å². The fraction of sp³-hybridized carbons (Fsp3) is 0.300. The van der Waals surface area contributed by atoms with Crippen LogP contribution in [0.1, 0.15) is 46.6 Å². The maximum Gasteiger partial charge on any atom is 0.267 e. The highest BCUT2D eigenvalue weighted by Gasteiger charge is 2.33. The Kier molecular flexibility index (Phi) is 5.16. The van der Waals surface area contributed by atoms with Gasteiger partial charge in [0, 0.05) is 17.0 Å². The molecule has 0 fully saturated rings.